The van der Waals surface area contributed by atoms with Crippen molar-refractivity contribution in [2.75, 3.05) is 30.8 Å². The summed E-state index contributed by atoms with van der Waals surface area (Å²) in [7, 11) is 4.15. The van der Waals surface area contributed by atoms with E-state index in [4.69, 9.17) is 11.4 Å². The zero-order valence-corrected chi connectivity index (χ0v) is 26.6. The minimum absolute atomic E-state index is 0.0118. The maximum absolute atomic E-state index is 11.9. The molecule has 2 N–H and O–H groups in total. The second-order valence-electron chi connectivity index (χ2n) is 12.2. The molecule has 0 radical (unpaired) electrons. The molecule has 1 fully saturated rings. The molecule has 43 heavy (non-hydrogen) atoms. The fourth-order valence-corrected chi connectivity index (χ4v) is 7.13. The lowest BCUT2D eigenvalue weighted by Crippen LogP contribution is -2.36. The van der Waals surface area contributed by atoms with E-state index in [1.54, 1.807) is 0 Å². The van der Waals surface area contributed by atoms with Crippen molar-refractivity contribution in [1.29, 1.82) is 0 Å². The largest absolute Gasteiger partial charge is 0.388 e. The number of ketones is 1. The van der Waals surface area contributed by atoms with Gasteiger partial charge in [-0.2, -0.15) is 0 Å². The van der Waals surface area contributed by atoms with Crippen LogP contribution in [0.15, 0.2) is 42.5 Å². The number of nitrogens with zero attached hydrogens (tertiary/aromatic N) is 3. The Morgan fingerprint density at radius 2 is 1.81 bits per heavy atom. The molecule has 0 bridgehead atoms. The monoisotopic (exact) mass is 577 g/mol. The second-order valence-corrected chi connectivity index (χ2v) is 12.2. The van der Waals surface area contributed by atoms with Crippen molar-refractivity contribution in [1.82, 2.24) is 14.5 Å². The van der Waals surface area contributed by atoms with Gasteiger partial charge in [-0.3, -0.25) is 9.69 Å². The second kappa shape index (κ2) is 13.7. The lowest BCUT2D eigenvalue weighted by atomic mass is 9.80. The number of Topliss-reactive ketones (excluding diaryl/α,β-unsaturated/α-hetero) is 1. The van der Waals surface area contributed by atoms with Crippen LogP contribution in [-0.4, -0.2) is 40.4 Å². The summed E-state index contributed by atoms with van der Waals surface area (Å²) >= 11 is 0. The third-order valence-electron chi connectivity index (χ3n) is 9.55. The molecule has 0 amide bonds. The predicted octanol–water partition coefficient (Wildman–Crippen LogP) is 7.23. The molecule has 2 heterocycles. The number of fused-ring (bicyclic) bond motifs is 1. The van der Waals surface area contributed by atoms with Gasteiger partial charge in [-0.25, -0.2) is 4.98 Å². The molecule has 0 spiro atoms. The number of allylic oxidation sites excluding steroid dienone is 1. The lowest BCUT2D eigenvalue weighted by molar-refractivity contribution is -0.118. The van der Waals surface area contributed by atoms with Crippen molar-refractivity contribution < 1.29 is 4.79 Å². The van der Waals surface area contributed by atoms with Gasteiger partial charge in [0.1, 0.15) is 0 Å². The van der Waals surface area contributed by atoms with Crippen molar-refractivity contribution in [2.24, 2.45) is 18.9 Å². The third kappa shape index (κ3) is 6.43. The topological polar surface area (TPSA) is 62.2 Å². The average molecular weight is 578 g/mol. The van der Waals surface area contributed by atoms with E-state index in [0.29, 0.717) is 5.92 Å². The molecule has 6 nitrogen and oxygen atoms in total. The number of terminal acetylenes is 1. The molecule has 5 rings (SSSR count). The highest BCUT2D eigenvalue weighted by Crippen LogP contribution is 2.36. The first-order chi connectivity index (χ1) is 20.9. The summed E-state index contributed by atoms with van der Waals surface area (Å²) < 4.78 is 2.29. The Morgan fingerprint density at radius 1 is 1.09 bits per heavy atom. The molecule has 0 unspecified atom stereocenters. The van der Waals surface area contributed by atoms with E-state index < -0.39 is 0 Å². The minimum atomic E-state index is -0.0118. The Bertz CT molecular complexity index is 1530. The Hall–Kier alpha value is -3.82. The van der Waals surface area contributed by atoms with Crippen LogP contribution in [0.1, 0.15) is 74.3 Å². The smallest absolute Gasteiger partial charge is 0.208 e. The maximum atomic E-state index is 11.9. The van der Waals surface area contributed by atoms with Gasteiger partial charge >= 0.3 is 0 Å². The van der Waals surface area contributed by atoms with Crippen molar-refractivity contribution in [2.45, 2.75) is 72.3 Å². The summed E-state index contributed by atoms with van der Waals surface area (Å²) in [6.07, 6.45) is 14.5. The summed E-state index contributed by atoms with van der Waals surface area (Å²) in [4.78, 5) is 19.7. The number of carbonyl (C=O) groups is 1. The molecule has 2 aromatic carbocycles. The van der Waals surface area contributed by atoms with Gasteiger partial charge in [-0.15, -0.1) is 6.42 Å². The molecular weight excluding hydrogens is 530 g/mol. The van der Waals surface area contributed by atoms with Gasteiger partial charge in [0, 0.05) is 63.1 Å². The van der Waals surface area contributed by atoms with Crippen LogP contribution in [0, 0.1) is 31.1 Å². The summed E-state index contributed by atoms with van der Waals surface area (Å²) in [5.74, 6) is 4.01. The van der Waals surface area contributed by atoms with Gasteiger partial charge in [-0.05, 0) is 91.7 Å². The highest BCUT2D eigenvalue weighted by Gasteiger charge is 2.29. The zero-order chi connectivity index (χ0) is 30.5. The third-order valence-corrected chi connectivity index (χ3v) is 9.55. The zero-order valence-electron chi connectivity index (χ0n) is 26.6. The van der Waals surface area contributed by atoms with Gasteiger partial charge in [0.2, 0.25) is 5.78 Å². The molecular formula is C37H47N5O. The summed E-state index contributed by atoms with van der Waals surface area (Å²) in [5.41, 5.74) is 11.0. The molecule has 1 saturated carbocycles. The number of rotatable bonds is 10. The Morgan fingerprint density at radius 3 is 2.49 bits per heavy atom. The van der Waals surface area contributed by atoms with E-state index >= 15 is 0 Å². The van der Waals surface area contributed by atoms with E-state index in [9.17, 15) is 4.79 Å². The highest BCUT2D eigenvalue weighted by atomic mass is 16.1. The van der Waals surface area contributed by atoms with E-state index in [2.05, 4.69) is 96.3 Å². The molecule has 2 aliphatic rings. The lowest BCUT2D eigenvalue weighted by Gasteiger charge is -2.33. The van der Waals surface area contributed by atoms with Gasteiger partial charge in [0.05, 0.1) is 11.4 Å². The van der Waals surface area contributed by atoms with Gasteiger partial charge in [0.15, 0.2) is 5.82 Å². The Kier molecular flexibility index (Phi) is 9.72. The number of benzene rings is 2. The van der Waals surface area contributed by atoms with Crippen molar-refractivity contribution in [3.05, 3.63) is 70.8 Å². The summed E-state index contributed by atoms with van der Waals surface area (Å²) in [6.45, 7) is 9.60. The molecule has 0 atom stereocenters. The van der Waals surface area contributed by atoms with Crippen LogP contribution >= 0.6 is 0 Å². The van der Waals surface area contributed by atoms with Crippen LogP contribution in [0.4, 0.5) is 11.4 Å². The molecule has 1 aromatic heterocycles. The van der Waals surface area contributed by atoms with Gasteiger partial charge in [-0.1, -0.05) is 44.2 Å². The highest BCUT2D eigenvalue weighted by molar-refractivity contribution is 5.96. The van der Waals surface area contributed by atoms with E-state index in [0.717, 1.165) is 81.8 Å². The molecule has 1 aliphatic heterocycles. The van der Waals surface area contributed by atoms with Gasteiger partial charge in [0.25, 0.3) is 0 Å². The Labute approximate surface area is 258 Å². The number of anilines is 2. The fraction of sp³-hybridized carbons (Fsp3) is 0.459. The van der Waals surface area contributed by atoms with Crippen LogP contribution < -0.4 is 10.6 Å². The predicted molar refractivity (Wildman–Crippen MR) is 179 cm³/mol. The molecule has 0 saturated heterocycles. The first-order valence-corrected chi connectivity index (χ1v) is 16.0. The van der Waals surface area contributed by atoms with Crippen molar-refractivity contribution in [3.8, 4) is 23.5 Å². The SMILES string of the molecule is C#CC(=O)C1CCC(CN2CCc3c(nc(/C(=C\CC)Nc4cccc(-c5cccc(NC)c5CC)c4C)n3C)C2)CC1. The van der Waals surface area contributed by atoms with E-state index in [1.807, 2.05) is 7.05 Å². The summed E-state index contributed by atoms with van der Waals surface area (Å²) in [6, 6.07) is 13.1. The molecule has 1 aliphatic carbocycles. The number of nitrogens with one attached hydrogen (secondary N) is 2. The summed E-state index contributed by atoms with van der Waals surface area (Å²) in [5, 5.41) is 7.16. The van der Waals surface area contributed by atoms with Crippen molar-refractivity contribution in [3.63, 3.8) is 0 Å². The quantitative estimate of drug-likeness (QED) is 0.197. The number of hydrogen-bond acceptors (Lipinski definition) is 5. The first kappa shape index (κ1) is 30.6. The standard InChI is InChI=1S/C37H47N5O/c1-7-12-33(39-31-15-10-13-29(25(31)4)30-14-11-16-32(38-5)28(30)8-2)37-40-34-24-42(22-21-35(34)41(37)6)23-26-17-19-27(20-18-26)36(43)9-3/h3,10-16,26-27,38-39H,7-8,17-24H2,1-2,4-6H3/b33-12+. The van der Waals surface area contributed by atoms with Crippen molar-refractivity contribution >= 4 is 22.9 Å². The number of hydrogen-bond donors (Lipinski definition) is 2. The van der Waals surface area contributed by atoms with Crippen LogP contribution in [-0.2, 0) is 31.2 Å². The average Bonchev–Trinajstić information content (AvgIpc) is 3.36. The molecule has 6 heteroatoms. The minimum Gasteiger partial charge on any atom is -0.388 e. The van der Waals surface area contributed by atoms with Crippen LogP contribution in [0.2, 0.25) is 0 Å². The Balaban J connectivity index is 1.34. The van der Waals surface area contributed by atoms with Crippen LogP contribution in [0.3, 0.4) is 0 Å². The first-order valence-electron chi connectivity index (χ1n) is 16.0. The molecule has 3 aromatic rings. The fourth-order valence-electron chi connectivity index (χ4n) is 7.13. The van der Waals surface area contributed by atoms with E-state index in [-0.39, 0.29) is 11.7 Å². The van der Waals surface area contributed by atoms with Crippen LogP contribution in [0.5, 0.6) is 0 Å². The van der Waals surface area contributed by atoms with E-state index in [1.165, 1.54) is 39.3 Å². The molecule has 226 valence electrons. The van der Waals surface area contributed by atoms with Gasteiger partial charge < -0.3 is 15.2 Å². The number of imidazole rings is 1. The van der Waals surface area contributed by atoms with Crippen LogP contribution in [0.25, 0.3) is 16.8 Å². The maximum Gasteiger partial charge on any atom is 0.208 e. The number of aromatic nitrogens is 2. The normalized spacial score (nSPS) is 19.0. The number of carbonyl (C=O) groups excluding carboxylic acids is 1.